The zero-order valence-electron chi connectivity index (χ0n) is 12.0. The third-order valence-electron chi connectivity index (χ3n) is 2.97. The van der Waals surface area contributed by atoms with Gasteiger partial charge >= 0.3 is 0 Å². The number of aliphatic imine (C=N–C) groups is 1. The molecule has 0 saturated carbocycles. The first-order valence-corrected chi connectivity index (χ1v) is 7.08. The molecule has 0 aliphatic rings. The average molecular weight is 440 g/mol. The molecule has 1 aromatic rings. The fraction of sp³-hybridized carbons (Fsp3) is 0.500. The number of guanidine groups is 1. The van der Waals surface area contributed by atoms with E-state index in [4.69, 9.17) is 0 Å². The standard InChI is InChI=1S/C14H22BrN3.HI/c1-5-11(3)18-14(16-4)17-9-12-6-7-13(15)8-10(12)2;/h6-8,11H,5,9H2,1-4H3,(H2,16,17,18);1H. The molecule has 0 fully saturated rings. The Morgan fingerprint density at radius 2 is 2.11 bits per heavy atom. The molecule has 0 amide bonds. The summed E-state index contributed by atoms with van der Waals surface area (Å²) in [5.41, 5.74) is 2.56. The van der Waals surface area contributed by atoms with E-state index in [2.05, 4.69) is 70.5 Å². The van der Waals surface area contributed by atoms with Crippen molar-refractivity contribution < 1.29 is 0 Å². The monoisotopic (exact) mass is 439 g/mol. The minimum absolute atomic E-state index is 0. The first kappa shape index (κ1) is 18.7. The van der Waals surface area contributed by atoms with Crippen LogP contribution in [-0.4, -0.2) is 19.0 Å². The van der Waals surface area contributed by atoms with Crippen LogP contribution < -0.4 is 10.6 Å². The van der Waals surface area contributed by atoms with E-state index >= 15 is 0 Å². The minimum atomic E-state index is 0. The molecule has 3 nitrogen and oxygen atoms in total. The highest BCUT2D eigenvalue weighted by Crippen LogP contribution is 2.15. The lowest BCUT2D eigenvalue weighted by Gasteiger charge is -2.17. The number of hydrogen-bond acceptors (Lipinski definition) is 1. The molecular formula is C14H23BrIN3. The maximum atomic E-state index is 4.22. The smallest absolute Gasteiger partial charge is 0.191 e. The van der Waals surface area contributed by atoms with Crippen LogP contribution in [-0.2, 0) is 6.54 Å². The molecule has 0 aromatic heterocycles. The van der Waals surface area contributed by atoms with Gasteiger partial charge < -0.3 is 10.6 Å². The number of aryl methyl sites for hydroxylation is 1. The van der Waals surface area contributed by atoms with Crippen LogP contribution in [0.15, 0.2) is 27.7 Å². The number of benzene rings is 1. The van der Waals surface area contributed by atoms with E-state index in [-0.39, 0.29) is 24.0 Å². The highest BCUT2D eigenvalue weighted by molar-refractivity contribution is 14.0. The van der Waals surface area contributed by atoms with Gasteiger partial charge in [0.15, 0.2) is 5.96 Å². The van der Waals surface area contributed by atoms with E-state index in [0.29, 0.717) is 6.04 Å². The molecule has 1 aromatic carbocycles. The van der Waals surface area contributed by atoms with E-state index < -0.39 is 0 Å². The van der Waals surface area contributed by atoms with Crippen molar-refractivity contribution in [3.8, 4) is 0 Å². The van der Waals surface area contributed by atoms with Crippen LogP contribution in [0.25, 0.3) is 0 Å². The van der Waals surface area contributed by atoms with E-state index in [1.165, 1.54) is 11.1 Å². The third kappa shape index (κ3) is 6.61. The molecular weight excluding hydrogens is 417 g/mol. The number of nitrogens with zero attached hydrogens (tertiary/aromatic N) is 1. The summed E-state index contributed by atoms with van der Waals surface area (Å²) in [7, 11) is 1.80. The molecule has 19 heavy (non-hydrogen) atoms. The van der Waals surface area contributed by atoms with Crippen molar-refractivity contribution in [2.24, 2.45) is 4.99 Å². The summed E-state index contributed by atoms with van der Waals surface area (Å²) >= 11 is 3.48. The predicted octanol–water partition coefficient (Wildman–Crippen LogP) is 3.84. The fourth-order valence-electron chi connectivity index (χ4n) is 1.57. The van der Waals surface area contributed by atoms with Crippen LogP contribution in [0.4, 0.5) is 0 Å². The van der Waals surface area contributed by atoms with Gasteiger partial charge in [-0.2, -0.15) is 0 Å². The minimum Gasteiger partial charge on any atom is -0.354 e. The average Bonchev–Trinajstić information content (AvgIpc) is 2.35. The molecule has 1 atom stereocenters. The van der Waals surface area contributed by atoms with Crippen LogP contribution in [0.1, 0.15) is 31.4 Å². The SMILES string of the molecule is CCC(C)NC(=NC)NCc1ccc(Br)cc1C.I. The summed E-state index contributed by atoms with van der Waals surface area (Å²) in [5, 5.41) is 6.68. The van der Waals surface area contributed by atoms with Gasteiger partial charge in [0.05, 0.1) is 0 Å². The predicted molar refractivity (Wildman–Crippen MR) is 97.4 cm³/mol. The lowest BCUT2D eigenvalue weighted by molar-refractivity contribution is 0.624. The van der Waals surface area contributed by atoms with Crippen molar-refractivity contribution in [2.45, 2.75) is 39.8 Å². The van der Waals surface area contributed by atoms with Crippen LogP contribution >= 0.6 is 39.9 Å². The molecule has 0 spiro atoms. The summed E-state index contributed by atoms with van der Waals surface area (Å²) < 4.78 is 1.12. The van der Waals surface area contributed by atoms with Crippen LogP contribution in [0.2, 0.25) is 0 Å². The molecule has 0 radical (unpaired) electrons. The maximum absolute atomic E-state index is 4.22. The zero-order chi connectivity index (χ0) is 13.5. The van der Waals surface area contributed by atoms with Gasteiger partial charge in [0.25, 0.3) is 0 Å². The summed E-state index contributed by atoms with van der Waals surface area (Å²) in [6.07, 6.45) is 1.08. The quantitative estimate of drug-likeness (QED) is 0.424. The Hall–Kier alpha value is -0.300. The highest BCUT2D eigenvalue weighted by Gasteiger charge is 2.04. The normalized spacial score (nSPS) is 12.6. The van der Waals surface area contributed by atoms with E-state index in [0.717, 1.165) is 23.4 Å². The van der Waals surface area contributed by atoms with Gasteiger partial charge in [-0.15, -0.1) is 24.0 Å². The molecule has 1 unspecified atom stereocenters. The summed E-state index contributed by atoms with van der Waals surface area (Å²) in [6.45, 7) is 7.21. The fourth-order valence-corrected chi connectivity index (χ4v) is 2.04. The number of halogens is 2. The Kier molecular flexibility index (Phi) is 9.43. The number of nitrogens with one attached hydrogen (secondary N) is 2. The second kappa shape index (κ2) is 9.58. The summed E-state index contributed by atoms with van der Waals surface area (Å²) in [5.74, 6) is 0.853. The van der Waals surface area contributed by atoms with Crippen molar-refractivity contribution in [3.05, 3.63) is 33.8 Å². The lowest BCUT2D eigenvalue weighted by atomic mass is 10.1. The molecule has 5 heteroatoms. The van der Waals surface area contributed by atoms with Crippen molar-refractivity contribution in [2.75, 3.05) is 7.05 Å². The molecule has 0 bridgehead atoms. The highest BCUT2D eigenvalue weighted by atomic mass is 127. The third-order valence-corrected chi connectivity index (χ3v) is 3.46. The molecule has 0 heterocycles. The molecule has 0 aliphatic heterocycles. The number of hydrogen-bond donors (Lipinski definition) is 2. The maximum Gasteiger partial charge on any atom is 0.191 e. The largest absolute Gasteiger partial charge is 0.354 e. The molecule has 2 N–H and O–H groups in total. The second-order valence-corrected chi connectivity index (χ2v) is 5.37. The summed E-state index contributed by atoms with van der Waals surface area (Å²) in [4.78, 5) is 4.22. The molecule has 0 aliphatic carbocycles. The van der Waals surface area contributed by atoms with Gasteiger partial charge in [-0.05, 0) is 43.5 Å². The van der Waals surface area contributed by atoms with Crippen molar-refractivity contribution in [3.63, 3.8) is 0 Å². The Morgan fingerprint density at radius 3 is 2.63 bits per heavy atom. The van der Waals surface area contributed by atoms with Gasteiger partial charge in [0.1, 0.15) is 0 Å². The Morgan fingerprint density at radius 1 is 1.42 bits per heavy atom. The molecule has 1 rings (SSSR count). The number of rotatable bonds is 4. The van der Waals surface area contributed by atoms with E-state index in [1.54, 1.807) is 7.05 Å². The van der Waals surface area contributed by atoms with Crippen molar-refractivity contribution in [1.29, 1.82) is 0 Å². The zero-order valence-corrected chi connectivity index (χ0v) is 15.9. The van der Waals surface area contributed by atoms with Gasteiger partial charge in [-0.1, -0.05) is 28.9 Å². The van der Waals surface area contributed by atoms with E-state index in [9.17, 15) is 0 Å². The first-order valence-electron chi connectivity index (χ1n) is 6.29. The van der Waals surface area contributed by atoms with Gasteiger partial charge in [0.2, 0.25) is 0 Å². The van der Waals surface area contributed by atoms with Crippen molar-refractivity contribution >= 4 is 45.9 Å². The van der Waals surface area contributed by atoms with Gasteiger partial charge in [0, 0.05) is 24.1 Å². The van der Waals surface area contributed by atoms with Gasteiger partial charge in [-0.25, -0.2) is 0 Å². The molecule has 0 saturated heterocycles. The topological polar surface area (TPSA) is 36.4 Å². The Labute approximate surface area is 141 Å². The van der Waals surface area contributed by atoms with Crippen molar-refractivity contribution in [1.82, 2.24) is 10.6 Å². The van der Waals surface area contributed by atoms with Crippen LogP contribution in [0.5, 0.6) is 0 Å². The lowest BCUT2D eigenvalue weighted by Crippen LogP contribution is -2.41. The molecule has 108 valence electrons. The Balaban J connectivity index is 0.00000324. The first-order chi connectivity index (χ1) is 8.56. The second-order valence-electron chi connectivity index (χ2n) is 4.45. The Bertz CT molecular complexity index is 421. The van der Waals surface area contributed by atoms with E-state index in [1.807, 2.05) is 0 Å². The summed E-state index contributed by atoms with van der Waals surface area (Å²) in [6, 6.07) is 6.75. The van der Waals surface area contributed by atoms with Gasteiger partial charge in [-0.3, -0.25) is 4.99 Å². The van der Waals surface area contributed by atoms with Crippen LogP contribution in [0, 0.1) is 6.92 Å². The van der Waals surface area contributed by atoms with Crippen LogP contribution in [0.3, 0.4) is 0 Å².